The summed E-state index contributed by atoms with van der Waals surface area (Å²) in [5.74, 6) is -0.302. The summed E-state index contributed by atoms with van der Waals surface area (Å²) in [6, 6.07) is 17.1. The van der Waals surface area contributed by atoms with Gasteiger partial charge >= 0.3 is 0 Å². The van der Waals surface area contributed by atoms with Gasteiger partial charge in [-0.25, -0.2) is 15.0 Å². The van der Waals surface area contributed by atoms with Crippen molar-refractivity contribution in [3.05, 3.63) is 72.7 Å². The third-order valence-corrected chi connectivity index (χ3v) is 4.48. The number of hydrogen-bond donors (Lipinski definition) is 1. The summed E-state index contributed by atoms with van der Waals surface area (Å²) in [4.78, 5) is 25.7. The number of benzene rings is 2. The molecule has 4 rings (SSSR count). The average Bonchev–Trinajstić information content (AvgIpc) is 3.06. The van der Waals surface area contributed by atoms with E-state index in [1.54, 1.807) is 6.20 Å². The summed E-state index contributed by atoms with van der Waals surface area (Å²) >= 11 is 1.49. The van der Waals surface area contributed by atoms with Crippen LogP contribution in [0.5, 0.6) is 0 Å². The van der Waals surface area contributed by atoms with E-state index in [0.29, 0.717) is 16.4 Å². The normalized spacial score (nSPS) is 10.7. The highest BCUT2D eigenvalue weighted by atomic mass is 32.1. The van der Waals surface area contributed by atoms with E-state index >= 15 is 0 Å². The van der Waals surface area contributed by atoms with Crippen LogP contribution in [-0.4, -0.2) is 20.9 Å². The quantitative estimate of drug-likeness (QED) is 0.615. The first-order valence-corrected chi connectivity index (χ1v) is 8.16. The molecule has 0 radical (unpaired) electrons. The molecule has 6 heteroatoms. The van der Waals surface area contributed by atoms with Crippen LogP contribution >= 0.6 is 11.3 Å². The van der Waals surface area contributed by atoms with Crippen molar-refractivity contribution in [1.29, 1.82) is 0 Å². The predicted octanol–water partition coefficient (Wildman–Crippen LogP) is 4.01. The lowest BCUT2D eigenvalue weighted by Gasteiger charge is -2.06. The highest BCUT2D eigenvalue weighted by molar-refractivity contribution is 7.21. The molecule has 2 aromatic carbocycles. The van der Waals surface area contributed by atoms with Gasteiger partial charge in [-0.15, -0.1) is 11.3 Å². The SMILES string of the molecule is O=C(Nc1ccccc1)c1nccnc1-c1nc2ccccc2s1. The first-order valence-electron chi connectivity index (χ1n) is 7.34. The molecule has 2 aromatic heterocycles. The Hall–Kier alpha value is -3.12. The van der Waals surface area contributed by atoms with Crippen LogP contribution in [0.3, 0.4) is 0 Å². The van der Waals surface area contributed by atoms with Crippen molar-refractivity contribution in [2.45, 2.75) is 0 Å². The highest BCUT2D eigenvalue weighted by Gasteiger charge is 2.18. The number of para-hydroxylation sites is 2. The van der Waals surface area contributed by atoms with Crippen molar-refractivity contribution >= 4 is 33.1 Å². The van der Waals surface area contributed by atoms with Crippen LogP contribution in [0.2, 0.25) is 0 Å². The molecule has 1 amide bonds. The second kappa shape index (κ2) is 6.17. The lowest BCUT2D eigenvalue weighted by atomic mass is 10.2. The molecule has 0 spiro atoms. The van der Waals surface area contributed by atoms with Gasteiger partial charge in [0.05, 0.1) is 10.2 Å². The molecule has 0 unspecified atom stereocenters. The maximum Gasteiger partial charge on any atom is 0.276 e. The summed E-state index contributed by atoms with van der Waals surface area (Å²) in [6.45, 7) is 0. The Kier molecular flexibility index (Phi) is 3.72. The van der Waals surface area contributed by atoms with Crippen molar-refractivity contribution < 1.29 is 4.79 Å². The number of fused-ring (bicyclic) bond motifs is 1. The van der Waals surface area contributed by atoms with E-state index < -0.39 is 0 Å². The van der Waals surface area contributed by atoms with Crippen LogP contribution < -0.4 is 5.32 Å². The summed E-state index contributed by atoms with van der Waals surface area (Å²) in [5, 5.41) is 3.52. The molecule has 24 heavy (non-hydrogen) atoms. The Balaban J connectivity index is 1.73. The van der Waals surface area contributed by atoms with Gasteiger partial charge in [-0.05, 0) is 24.3 Å². The molecule has 0 saturated carbocycles. The molecule has 1 N–H and O–H groups in total. The Morgan fingerprint density at radius 1 is 0.917 bits per heavy atom. The molecule has 0 bridgehead atoms. The Morgan fingerprint density at radius 3 is 2.50 bits per heavy atom. The minimum Gasteiger partial charge on any atom is -0.321 e. The molecule has 0 atom stereocenters. The van der Waals surface area contributed by atoms with Gasteiger partial charge in [-0.3, -0.25) is 4.79 Å². The topological polar surface area (TPSA) is 67.8 Å². The van der Waals surface area contributed by atoms with Gasteiger partial charge in [0.2, 0.25) is 0 Å². The van der Waals surface area contributed by atoms with E-state index in [9.17, 15) is 4.79 Å². The lowest BCUT2D eigenvalue weighted by Crippen LogP contribution is -2.15. The molecule has 0 saturated heterocycles. The number of aromatic nitrogens is 3. The van der Waals surface area contributed by atoms with Gasteiger partial charge < -0.3 is 5.32 Å². The van der Waals surface area contributed by atoms with Gasteiger partial charge in [-0.1, -0.05) is 30.3 Å². The Labute approximate surface area is 142 Å². The fourth-order valence-corrected chi connectivity index (χ4v) is 3.31. The molecule has 0 aliphatic heterocycles. The van der Waals surface area contributed by atoms with Crippen LogP contribution in [0.4, 0.5) is 5.69 Å². The fraction of sp³-hybridized carbons (Fsp3) is 0. The van der Waals surface area contributed by atoms with Gasteiger partial charge in [0.1, 0.15) is 10.7 Å². The van der Waals surface area contributed by atoms with E-state index in [4.69, 9.17) is 0 Å². The van der Waals surface area contributed by atoms with E-state index in [0.717, 1.165) is 10.2 Å². The van der Waals surface area contributed by atoms with Crippen LogP contribution in [-0.2, 0) is 0 Å². The molecule has 5 nitrogen and oxygen atoms in total. The van der Waals surface area contributed by atoms with Crippen molar-refractivity contribution in [2.75, 3.05) is 5.32 Å². The number of nitrogens with one attached hydrogen (secondary N) is 1. The van der Waals surface area contributed by atoms with Crippen molar-refractivity contribution in [3.8, 4) is 10.7 Å². The third kappa shape index (κ3) is 2.75. The minimum atomic E-state index is -0.302. The molecule has 116 valence electrons. The molecule has 4 aromatic rings. The largest absolute Gasteiger partial charge is 0.321 e. The van der Waals surface area contributed by atoms with E-state index in [2.05, 4.69) is 20.3 Å². The Morgan fingerprint density at radius 2 is 1.67 bits per heavy atom. The number of amides is 1. The number of thiazole rings is 1. The zero-order valence-corrected chi connectivity index (χ0v) is 13.3. The first kappa shape index (κ1) is 14.5. The first-order chi connectivity index (χ1) is 11.8. The van der Waals surface area contributed by atoms with Gasteiger partial charge in [0.25, 0.3) is 5.91 Å². The molecule has 0 aliphatic carbocycles. The number of hydrogen-bond acceptors (Lipinski definition) is 5. The second-order valence-corrected chi connectivity index (χ2v) is 6.09. The van der Waals surface area contributed by atoms with E-state index in [1.165, 1.54) is 17.5 Å². The lowest BCUT2D eigenvalue weighted by molar-refractivity contribution is 0.102. The zero-order chi connectivity index (χ0) is 16.4. The number of carbonyl (C=O) groups excluding carboxylic acids is 1. The molecule has 0 fully saturated rings. The maximum atomic E-state index is 12.6. The summed E-state index contributed by atoms with van der Waals surface area (Å²) in [5.41, 5.74) is 2.36. The molecule has 0 aliphatic rings. The van der Waals surface area contributed by atoms with Crippen LogP contribution in [0.15, 0.2) is 67.0 Å². The molecular weight excluding hydrogens is 320 g/mol. The summed E-state index contributed by atoms with van der Waals surface area (Å²) in [6.07, 6.45) is 3.08. The second-order valence-electron chi connectivity index (χ2n) is 5.06. The number of carbonyl (C=O) groups is 1. The van der Waals surface area contributed by atoms with E-state index in [1.807, 2.05) is 54.6 Å². The summed E-state index contributed by atoms with van der Waals surface area (Å²) < 4.78 is 1.05. The van der Waals surface area contributed by atoms with Crippen molar-refractivity contribution in [3.63, 3.8) is 0 Å². The third-order valence-electron chi connectivity index (χ3n) is 3.44. The average molecular weight is 332 g/mol. The minimum absolute atomic E-state index is 0.264. The molecular formula is C18H12N4OS. The monoisotopic (exact) mass is 332 g/mol. The van der Waals surface area contributed by atoms with Crippen LogP contribution in [0, 0.1) is 0 Å². The summed E-state index contributed by atoms with van der Waals surface area (Å²) in [7, 11) is 0. The maximum absolute atomic E-state index is 12.6. The number of rotatable bonds is 3. The van der Waals surface area contributed by atoms with Crippen molar-refractivity contribution in [1.82, 2.24) is 15.0 Å². The van der Waals surface area contributed by atoms with Crippen LogP contribution in [0.1, 0.15) is 10.5 Å². The van der Waals surface area contributed by atoms with Crippen LogP contribution in [0.25, 0.3) is 20.9 Å². The van der Waals surface area contributed by atoms with E-state index in [-0.39, 0.29) is 11.6 Å². The smallest absolute Gasteiger partial charge is 0.276 e. The highest BCUT2D eigenvalue weighted by Crippen LogP contribution is 2.30. The molecule has 2 heterocycles. The van der Waals surface area contributed by atoms with Crippen molar-refractivity contribution in [2.24, 2.45) is 0 Å². The Bertz CT molecular complexity index is 981. The number of anilines is 1. The zero-order valence-electron chi connectivity index (χ0n) is 12.5. The van der Waals surface area contributed by atoms with Gasteiger partial charge in [-0.2, -0.15) is 0 Å². The standard InChI is InChI=1S/C18H12N4OS/c23-17(21-12-6-2-1-3-7-12)15-16(20-11-10-19-15)18-22-13-8-4-5-9-14(13)24-18/h1-11H,(H,21,23). The fourth-order valence-electron chi connectivity index (χ4n) is 2.35. The van der Waals surface area contributed by atoms with Gasteiger partial charge in [0, 0.05) is 18.1 Å². The number of nitrogens with zero attached hydrogens (tertiary/aromatic N) is 3. The predicted molar refractivity (Wildman–Crippen MR) is 95.0 cm³/mol. The van der Waals surface area contributed by atoms with Gasteiger partial charge in [0.15, 0.2) is 5.69 Å².